The molecule has 178 valence electrons. The van der Waals surface area contributed by atoms with Gasteiger partial charge in [-0.15, -0.1) is 0 Å². The summed E-state index contributed by atoms with van der Waals surface area (Å²) in [6, 6.07) is 11.5. The lowest BCUT2D eigenvalue weighted by atomic mass is 9.65. The summed E-state index contributed by atoms with van der Waals surface area (Å²) in [6.07, 6.45) is 3.77. The predicted molar refractivity (Wildman–Crippen MR) is 130 cm³/mol. The van der Waals surface area contributed by atoms with Crippen LogP contribution in [-0.2, 0) is 5.41 Å². The van der Waals surface area contributed by atoms with Gasteiger partial charge in [-0.2, -0.15) is 0 Å². The van der Waals surface area contributed by atoms with Crippen molar-refractivity contribution < 1.29 is 19.0 Å². The van der Waals surface area contributed by atoms with Crippen molar-refractivity contribution in [3.8, 4) is 17.2 Å². The second-order valence-electron chi connectivity index (χ2n) is 8.90. The molecule has 4 rings (SSSR count). The highest BCUT2D eigenvalue weighted by atomic mass is 35.5. The maximum atomic E-state index is 12.6. The molecule has 1 aliphatic heterocycles. The van der Waals surface area contributed by atoms with E-state index in [0.717, 1.165) is 32.2 Å². The van der Waals surface area contributed by atoms with Crippen LogP contribution in [-0.4, -0.2) is 57.9 Å². The number of nitrogens with zero attached hydrogens (tertiary/aromatic N) is 1. The van der Waals surface area contributed by atoms with E-state index in [1.807, 2.05) is 12.1 Å². The number of rotatable bonds is 6. The van der Waals surface area contributed by atoms with Gasteiger partial charge < -0.3 is 29.7 Å². The molecule has 2 aromatic rings. The van der Waals surface area contributed by atoms with E-state index in [-0.39, 0.29) is 17.5 Å². The minimum absolute atomic E-state index is 0.0246. The molecular formula is C25H32ClN3O4. The van der Waals surface area contributed by atoms with Crippen LogP contribution < -0.4 is 24.8 Å². The van der Waals surface area contributed by atoms with Gasteiger partial charge in [0.2, 0.25) is 5.75 Å². The van der Waals surface area contributed by atoms with Crippen molar-refractivity contribution in [2.45, 2.75) is 43.2 Å². The molecule has 1 saturated heterocycles. The number of fused-ring (bicyclic) bond motifs is 1. The van der Waals surface area contributed by atoms with Crippen molar-refractivity contribution >= 4 is 23.3 Å². The standard InChI is InChI=1S/C25H32ClN3O4/c1-29-11-10-25(16-12-20(31-2)23(33-4)21(13-16)32-3)9-8-19(15-22(25)29)28-24(30)27-18-7-5-6-17(26)14-18/h5-7,12-14,19,22H,8-11,15H2,1-4H3,(H2,27,28,30)/t19-,22+,25+/m1/s1. The largest absolute Gasteiger partial charge is 0.493 e. The van der Waals surface area contributed by atoms with Gasteiger partial charge in [-0.1, -0.05) is 17.7 Å². The summed E-state index contributed by atoms with van der Waals surface area (Å²) < 4.78 is 16.8. The first-order valence-corrected chi connectivity index (χ1v) is 11.6. The molecule has 2 fully saturated rings. The number of carbonyl (C=O) groups excluding carboxylic acids is 1. The molecule has 0 spiro atoms. The van der Waals surface area contributed by atoms with Gasteiger partial charge in [0.25, 0.3) is 0 Å². The molecule has 2 amide bonds. The van der Waals surface area contributed by atoms with Crippen molar-refractivity contribution in [3.05, 3.63) is 47.0 Å². The van der Waals surface area contributed by atoms with Crippen LogP contribution in [0.4, 0.5) is 10.5 Å². The number of anilines is 1. The smallest absolute Gasteiger partial charge is 0.319 e. The highest BCUT2D eigenvalue weighted by Crippen LogP contribution is 2.51. The number of carbonyl (C=O) groups is 1. The third-order valence-electron chi connectivity index (χ3n) is 7.18. The van der Waals surface area contributed by atoms with Gasteiger partial charge in [-0.05, 0) is 75.2 Å². The van der Waals surface area contributed by atoms with Crippen LogP contribution in [0.3, 0.4) is 0 Å². The second-order valence-corrected chi connectivity index (χ2v) is 9.33. The van der Waals surface area contributed by atoms with Crippen molar-refractivity contribution in [2.75, 3.05) is 40.2 Å². The number of methoxy groups -OCH3 is 3. The van der Waals surface area contributed by atoms with Gasteiger partial charge in [0.1, 0.15) is 0 Å². The Morgan fingerprint density at radius 3 is 2.45 bits per heavy atom. The monoisotopic (exact) mass is 473 g/mol. The summed E-state index contributed by atoms with van der Waals surface area (Å²) in [7, 11) is 7.08. The zero-order valence-corrected chi connectivity index (χ0v) is 20.4. The first kappa shape index (κ1) is 23.5. The van der Waals surface area contributed by atoms with Gasteiger partial charge in [0.15, 0.2) is 11.5 Å². The SMILES string of the molecule is COc1cc([C@@]23CC[C@@H](NC(=O)Nc4cccc(Cl)c4)C[C@@H]2N(C)CC3)cc(OC)c1OC. The van der Waals surface area contributed by atoms with Gasteiger partial charge in [0.05, 0.1) is 21.3 Å². The Hall–Kier alpha value is -2.64. The van der Waals surface area contributed by atoms with Crippen LogP contribution >= 0.6 is 11.6 Å². The Balaban J connectivity index is 1.53. The van der Waals surface area contributed by atoms with E-state index in [1.54, 1.807) is 33.5 Å². The molecule has 0 aromatic heterocycles. The summed E-state index contributed by atoms with van der Waals surface area (Å²) in [5, 5.41) is 6.64. The summed E-state index contributed by atoms with van der Waals surface area (Å²) in [5.74, 6) is 1.96. The van der Waals surface area contributed by atoms with E-state index in [9.17, 15) is 4.79 Å². The molecule has 1 heterocycles. The molecule has 0 radical (unpaired) electrons. The molecule has 2 N–H and O–H groups in total. The van der Waals surface area contributed by atoms with Crippen LogP contribution in [0.1, 0.15) is 31.2 Å². The number of nitrogens with one attached hydrogen (secondary N) is 2. The summed E-state index contributed by atoms with van der Waals surface area (Å²) in [5.41, 5.74) is 1.86. The van der Waals surface area contributed by atoms with E-state index >= 15 is 0 Å². The molecule has 1 saturated carbocycles. The van der Waals surface area contributed by atoms with Crippen LogP contribution in [0.2, 0.25) is 5.02 Å². The fraction of sp³-hybridized carbons (Fsp3) is 0.480. The average Bonchev–Trinajstić information content (AvgIpc) is 3.15. The number of halogens is 1. The summed E-state index contributed by atoms with van der Waals surface area (Å²) in [4.78, 5) is 15.0. The number of hydrogen-bond acceptors (Lipinski definition) is 5. The lowest BCUT2D eigenvalue weighted by Crippen LogP contribution is -2.52. The van der Waals surface area contributed by atoms with Crippen LogP contribution in [0.5, 0.6) is 17.2 Å². The second kappa shape index (κ2) is 9.69. The maximum absolute atomic E-state index is 12.6. The molecule has 0 unspecified atom stereocenters. The highest BCUT2D eigenvalue weighted by molar-refractivity contribution is 6.30. The van der Waals surface area contributed by atoms with Crippen LogP contribution in [0.25, 0.3) is 0 Å². The Bertz CT molecular complexity index is 992. The van der Waals surface area contributed by atoms with Gasteiger partial charge >= 0.3 is 6.03 Å². The lowest BCUT2D eigenvalue weighted by Gasteiger charge is -2.45. The minimum Gasteiger partial charge on any atom is -0.493 e. The first-order valence-electron chi connectivity index (χ1n) is 11.2. The number of likely N-dealkylation sites (N-methyl/N-ethyl adjacent to an activating group) is 1. The van der Waals surface area contributed by atoms with Crippen LogP contribution in [0.15, 0.2) is 36.4 Å². The molecule has 2 aliphatic rings. The van der Waals surface area contributed by atoms with Crippen molar-refractivity contribution in [1.82, 2.24) is 10.2 Å². The quantitative estimate of drug-likeness (QED) is 0.637. The number of likely N-dealkylation sites (tertiary alicyclic amines) is 1. The lowest BCUT2D eigenvalue weighted by molar-refractivity contribution is 0.155. The van der Waals surface area contributed by atoms with E-state index in [4.69, 9.17) is 25.8 Å². The van der Waals surface area contributed by atoms with Crippen molar-refractivity contribution in [2.24, 2.45) is 0 Å². The number of ether oxygens (including phenoxy) is 3. The van der Waals surface area contributed by atoms with E-state index < -0.39 is 0 Å². The molecule has 8 heteroatoms. The van der Waals surface area contributed by atoms with Crippen molar-refractivity contribution in [3.63, 3.8) is 0 Å². The molecule has 0 bridgehead atoms. The zero-order valence-electron chi connectivity index (χ0n) is 19.6. The number of urea groups is 1. The molecule has 2 aromatic carbocycles. The number of benzene rings is 2. The summed E-state index contributed by atoms with van der Waals surface area (Å²) in [6.45, 7) is 1.00. The zero-order chi connectivity index (χ0) is 23.6. The van der Waals surface area contributed by atoms with E-state index in [2.05, 4.69) is 34.7 Å². The third-order valence-corrected chi connectivity index (χ3v) is 7.42. The third kappa shape index (κ3) is 4.57. The Labute approximate surface area is 200 Å². The predicted octanol–water partition coefficient (Wildman–Crippen LogP) is 4.68. The Kier molecular flexibility index (Phi) is 6.91. The molecule has 33 heavy (non-hydrogen) atoms. The van der Waals surface area contributed by atoms with E-state index in [1.165, 1.54) is 5.56 Å². The Morgan fingerprint density at radius 1 is 1.09 bits per heavy atom. The van der Waals surface area contributed by atoms with Gasteiger partial charge in [0, 0.05) is 28.2 Å². The molecule has 3 atom stereocenters. The summed E-state index contributed by atoms with van der Waals surface area (Å²) >= 11 is 6.03. The fourth-order valence-corrected chi connectivity index (χ4v) is 5.73. The normalized spacial score (nSPS) is 24.6. The first-order chi connectivity index (χ1) is 15.9. The number of amides is 2. The van der Waals surface area contributed by atoms with Gasteiger partial charge in [-0.25, -0.2) is 4.79 Å². The minimum atomic E-state index is -0.205. The average molecular weight is 474 g/mol. The molecular weight excluding hydrogens is 442 g/mol. The molecule has 1 aliphatic carbocycles. The maximum Gasteiger partial charge on any atom is 0.319 e. The Morgan fingerprint density at radius 2 is 1.82 bits per heavy atom. The van der Waals surface area contributed by atoms with Crippen LogP contribution in [0, 0.1) is 0 Å². The van der Waals surface area contributed by atoms with Gasteiger partial charge in [-0.3, -0.25) is 0 Å². The highest BCUT2D eigenvalue weighted by Gasteiger charge is 2.51. The fourth-order valence-electron chi connectivity index (χ4n) is 5.54. The van der Waals surface area contributed by atoms with E-state index in [0.29, 0.717) is 34.0 Å². The molecule has 7 nitrogen and oxygen atoms in total. The van der Waals surface area contributed by atoms with Crippen molar-refractivity contribution in [1.29, 1.82) is 0 Å². The topological polar surface area (TPSA) is 72.1 Å². The number of hydrogen-bond donors (Lipinski definition) is 2.